The second-order valence-electron chi connectivity index (χ2n) is 6.06. The Hall–Kier alpha value is -2.76. The topological polar surface area (TPSA) is 57.9 Å². The van der Waals surface area contributed by atoms with E-state index in [9.17, 15) is 0 Å². The first-order valence-corrected chi connectivity index (χ1v) is 8.55. The molecule has 2 rings (SSSR count). The third kappa shape index (κ3) is 4.88. The molecule has 0 aliphatic heterocycles. The van der Waals surface area contributed by atoms with E-state index < -0.39 is 0 Å². The van der Waals surface area contributed by atoms with Crippen LogP contribution in [0.15, 0.2) is 35.5 Å². The Labute approximate surface area is 155 Å². The summed E-state index contributed by atoms with van der Waals surface area (Å²) >= 11 is 0. The first-order valence-electron chi connectivity index (χ1n) is 8.55. The lowest BCUT2D eigenvalue weighted by molar-refractivity contribution is 0.213. The van der Waals surface area contributed by atoms with Crippen molar-refractivity contribution in [2.24, 2.45) is 12.2 Å². The number of ether oxygens (including phenoxy) is 2. The second kappa shape index (κ2) is 9.08. The Morgan fingerprint density at radius 3 is 2.50 bits per heavy atom. The van der Waals surface area contributed by atoms with Crippen molar-refractivity contribution < 1.29 is 14.3 Å². The monoisotopic (exact) mass is 357 g/mol. The molecule has 0 N–H and O–H groups in total. The molecule has 140 valence electrons. The second-order valence-corrected chi connectivity index (χ2v) is 6.06. The van der Waals surface area contributed by atoms with Crippen LogP contribution in [-0.2, 0) is 18.5 Å². The van der Waals surface area contributed by atoms with Crippen molar-refractivity contribution in [3.63, 3.8) is 0 Å². The standard InChI is InChI=1S/C20H27N3O3/c1-7-8-9-25-18-10-14(2)20(15(3)11-18)26-13-17-12-19(23(5)21-17)16(4)22-24-6/h7-8,10-12H,9,13H2,1-6H3/b8-7+,22-16?. The van der Waals surface area contributed by atoms with Crippen molar-refractivity contribution in [1.82, 2.24) is 9.78 Å². The largest absolute Gasteiger partial charge is 0.490 e. The maximum atomic E-state index is 6.03. The van der Waals surface area contributed by atoms with Crippen LogP contribution < -0.4 is 9.47 Å². The molecular formula is C20H27N3O3. The molecule has 6 nitrogen and oxygen atoms in total. The van der Waals surface area contributed by atoms with Gasteiger partial charge >= 0.3 is 0 Å². The van der Waals surface area contributed by atoms with Gasteiger partial charge in [-0.2, -0.15) is 5.10 Å². The highest BCUT2D eigenvalue weighted by Gasteiger charge is 2.12. The maximum Gasteiger partial charge on any atom is 0.132 e. The third-order valence-corrected chi connectivity index (χ3v) is 3.91. The SMILES string of the molecule is C/C=C/COc1cc(C)c(OCc2cc(C(C)=NOC)n(C)n2)c(C)c1. The number of hydrogen-bond acceptors (Lipinski definition) is 5. The summed E-state index contributed by atoms with van der Waals surface area (Å²) in [5.74, 6) is 1.70. The van der Waals surface area contributed by atoms with Gasteiger partial charge in [0.05, 0.1) is 5.69 Å². The van der Waals surface area contributed by atoms with Gasteiger partial charge in [0, 0.05) is 7.05 Å². The van der Waals surface area contributed by atoms with Gasteiger partial charge in [0.15, 0.2) is 0 Å². The van der Waals surface area contributed by atoms with Crippen LogP contribution in [0.25, 0.3) is 0 Å². The Balaban J connectivity index is 2.10. The predicted octanol–water partition coefficient (Wildman–Crippen LogP) is 3.94. The molecule has 1 heterocycles. The summed E-state index contributed by atoms with van der Waals surface area (Å²) in [6, 6.07) is 5.94. The van der Waals surface area contributed by atoms with Gasteiger partial charge in [-0.05, 0) is 57.0 Å². The lowest BCUT2D eigenvalue weighted by Crippen LogP contribution is -2.04. The fraction of sp³-hybridized carbons (Fsp3) is 0.400. The Bertz CT molecular complexity index is 784. The van der Waals surface area contributed by atoms with Gasteiger partial charge in [-0.15, -0.1) is 0 Å². The van der Waals surface area contributed by atoms with Crippen LogP contribution in [-0.4, -0.2) is 29.2 Å². The van der Waals surface area contributed by atoms with E-state index in [1.165, 1.54) is 7.11 Å². The molecule has 0 bridgehead atoms. The minimum Gasteiger partial charge on any atom is -0.490 e. The Morgan fingerprint density at radius 1 is 1.19 bits per heavy atom. The van der Waals surface area contributed by atoms with E-state index in [2.05, 4.69) is 10.3 Å². The molecule has 0 spiro atoms. The summed E-state index contributed by atoms with van der Waals surface area (Å²) in [5.41, 5.74) is 4.57. The van der Waals surface area contributed by atoms with Crippen LogP contribution in [0.2, 0.25) is 0 Å². The van der Waals surface area contributed by atoms with E-state index in [1.807, 2.05) is 65.1 Å². The van der Waals surface area contributed by atoms with Crippen molar-refractivity contribution in [1.29, 1.82) is 0 Å². The Kier molecular flexibility index (Phi) is 6.83. The summed E-state index contributed by atoms with van der Waals surface area (Å²) in [7, 11) is 3.41. The lowest BCUT2D eigenvalue weighted by atomic mass is 10.1. The number of nitrogens with zero attached hydrogens (tertiary/aromatic N) is 3. The van der Waals surface area contributed by atoms with Crippen LogP contribution in [0.1, 0.15) is 36.4 Å². The zero-order valence-electron chi connectivity index (χ0n) is 16.4. The molecule has 0 unspecified atom stereocenters. The van der Waals surface area contributed by atoms with Crippen LogP contribution in [0.4, 0.5) is 0 Å². The summed E-state index contributed by atoms with van der Waals surface area (Å²) in [5, 5.41) is 8.43. The third-order valence-electron chi connectivity index (χ3n) is 3.91. The summed E-state index contributed by atoms with van der Waals surface area (Å²) in [6.07, 6.45) is 3.94. The zero-order valence-corrected chi connectivity index (χ0v) is 16.4. The molecule has 2 aromatic rings. The number of rotatable bonds is 8. The molecular weight excluding hydrogens is 330 g/mol. The van der Waals surface area contributed by atoms with E-state index in [0.29, 0.717) is 13.2 Å². The first kappa shape index (κ1) is 19.6. The van der Waals surface area contributed by atoms with Crippen LogP contribution >= 0.6 is 0 Å². The van der Waals surface area contributed by atoms with Crippen molar-refractivity contribution >= 4 is 5.71 Å². The molecule has 0 radical (unpaired) electrons. The highest BCUT2D eigenvalue weighted by molar-refractivity contribution is 5.96. The molecule has 6 heteroatoms. The average Bonchev–Trinajstić information content (AvgIpc) is 2.95. The van der Waals surface area contributed by atoms with Gasteiger partial charge in [-0.1, -0.05) is 17.3 Å². The highest BCUT2D eigenvalue weighted by Crippen LogP contribution is 2.29. The van der Waals surface area contributed by atoms with Gasteiger partial charge in [0.25, 0.3) is 0 Å². The summed E-state index contributed by atoms with van der Waals surface area (Å²) < 4.78 is 13.5. The minimum absolute atomic E-state index is 0.383. The molecule has 26 heavy (non-hydrogen) atoms. The number of oxime groups is 1. The number of hydrogen-bond donors (Lipinski definition) is 0. The molecule has 0 saturated heterocycles. The molecule has 0 atom stereocenters. The molecule has 0 saturated carbocycles. The fourth-order valence-electron chi connectivity index (χ4n) is 2.73. The molecule has 0 fully saturated rings. The number of aryl methyl sites for hydroxylation is 3. The maximum absolute atomic E-state index is 6.03. The number of benzene rings is 1. The molecule has 0 aliphatic carbocycles. The fourth-order valence-corrected chi connectivity index (χ4v) is 2.73. The van der Waals surface area contributed by atoms with Crippen molar-refractivity contribution in [3.05, 3.63) is 52.9 Å². The van der Waals surface area contributed by atoms with Gasteiger partial charge in [-0.3, -0.25) is 4.68 Å². The van der Waals surface area contributed by atoms with Crippen molar-refractivity contribution in [2.75, 3.05) is 13.7 Å². The normalized spacial score (nSPS) is 11.8. The first-order chi connectivity index (χ1) is 12.5. The summed E-state index contributed by atoms with van der Waals surface area (Å²) in [6.45, 7) is 8.84. The van der Waals surface area contributed by atoms with E-state index >= 15 is 0 Å². The summed E-state index contributed by atoms with van der Waals surface area (Å²) in [4.78, 5) is 4.83. The van der Waals surface area contributed by atoms with Crippen LogP contribution in [0.5, 0.6) is 11.5 Å². The molecule has 0 aliphatic rings. The van der Waals surface area contributed by atoms with Crippen molar-refractivity contribution in [3.8, 4) is 11.5 Å². The zero-order chi connectivity index (χ0) is 19.1. The van der Waals surface area contributed by atoms with Gasteiger partial charge in [0.2, 0.25) is 0 Å². The molecule has 0 amide bonds. The predicted molar refractivity (Wildman–Crippen MR) is 103 cm³/mol. The van der Waals surface area contributed by atoms with E-state index in [-0.39, 0.29) is 0 Å². The number of allylic oxidation sites excluding steroid dienone is 1. The number of aromatic nitrogens is 2. The van der Waals surface area contributed by atoms with Gasteiger partial charge in [-0.25, -0.2) is 0 Å². The van der Waals surface area contributed by atoms with E-state index in [0.717, 1.165) is 39.7 Å². The minimum atomic E-state index is 0.383. The highest BCUT2D eigenvalue weighted by atomic mass is 16.6. The van der Waals surface area contributed by atoms with Crippen LogP contribution in [0, 0.1) is 13.8 Å². The quantitative estimate of drug-likeness (QED) is 0.408. The smallest absolute Gasteiger partial charge is 0.132 e. The van der Waals surface area contributed by atoms with Crippen molar-refractivity contribution in [2.45, 2.75) is 34.3 Å². The average molecular weight is 357 g/mol. The van der Waals surface area contributed by atoms with Gasteiger partial charge < -0.3 is 14.3 Å². The van der Waals surface area contributed by atoms with Gasteiger partial charge in [0.1, 0.15) is 43.2 Å². The van der Waals surface area contributed by atoms with E-state index in [1.54, 1.807) is 4.68 Å². The Morgan fingerprint density at radius 2 is 1.88 bits per heavy atom. The van der Waals surface area contributed by atoms with E-state index in [4.69, 9.17) is 14.3 Å². The molecule has 1 aromatic carbocycles. The molecule has 1 aromatic heterocycles. The van der Waals surface area contributed by atoms with Crippen LogP contribution in [0.3, 0.4) is 0 Å². The lowest BCUT2D eigenvalue weighted by Gasteiger charge is -2.13.